The molecule has 0 aromatic heterocycles. The molecule has 0 heterocycles. The Kier molecular flexibility index (Phi) is 3.59. The average Bonchev–Trinajstić information content (AvgIpc) is 2.29. The van der Waals surface area contributed by atoms with Crippen LogP contribution in [-0.2, 0) is 4.79 Å². The highest BCUT2D eigenvalue weighted by Crippen LogP contribution is 2.38. The van der Waals surface area contributed by atoms with Crippen molar-refractivity contribution in [3.8, 4) is 0 Å². The van der Waals surface area contributed by atoms with E-state index in [1.54, 1.807) is 6.07 Å². The van der Waals surface area contributed by atoms with Crippen LogP contribution in [-0.4, -0.2) is 6.29 Å². The van der Waals surface area contributed by atoms with Crippen molar-refractivity contribution in [2.45, 2.75) is 31.6 Å². The minimum atomic E-state index is -0.296. The van der Waals surface area contributed by atoms with Crippen LogP contribution in [0.1, 0.15) is 37.2 Å². The number of benzene rings is 1. The van der Waals surface area contributed by atoms with Gasteiger partial charge in [-0.1, -0.05) is 17.7 Å². The average molecular weight is 241 g/mol. The summed E-state index contributed by atoms with van der Waals surface area (Å²) < 4.78 is 12.9. The minimum Gasteiger partial charge on any atom is -0.303 e. The van der Waals surface area contributed by atoms with E-state index in [2.05, 4.69) is 0 Å². The Bertz CT molecular complexity index is 384. The van der Waals surface area contributed by atoms with Crippen molar-refractivity contribution < 1.29 is 9.18 Å². The minimum absolute atomic E-state index is 0.204. The quantitative estimate of drug-likeness (QED) is 0.716. The molecule has 0 atom stereocenters. The van der Waals surface area contributed by atoms with Crippen LogP contribution in [0.25, 0.3) is 0 Å². The van der Waals surface area contributed by atoms with Crippen molar-refractivity contribution in [2.24, 2.45) is 5.92 Å². The number of aldehydes is 1. The second kappa shape index (κ2) is 4.96. The number of halogens is 2. The Morgan fingerprint density at radius 2 is 1.94 bits per heavy atom. The third kappa shape index (κ3) is 2.43. The van der Waals surface area contributed by atoms with Crippen LogP contribution in [0.5, 0.6) is 0 Å². The molecule has 1 aliphatic rings. The number of carbonyl (C=O) groups is 1. The van der Waals surface area contributed by atoms with Gasteiger partial charge in [-0.15, -0.1) is 0 Å². The predicted molar refractivity (Wildman–Crippen MR) is 62.2 cm³/mol. The van der Waals surface area contributed by atoms with Crippen LogP contribution in [0.15, 0.2) is 18.2 Å². The van der Waals surface area contributed by atoms with Gasteiger partial charge < -0.3 is 4.79 Å². The molecule has 0 radical (unpaired) electrons. The largest absolute Gasteiger partial charge is 0.303 e. The molecule has 1 fully saturated rings. The van der Waals surface area contributed by atoms with Gasteiger partial charge in [-0.05, 0) is 49.3 Å². The lowest BCUT2D eigenvalue weighted by molar-refractivity contribution is -0.111. The molecule has 0 unspecified atom stereocenters. The summed E-state index contributed by atoms with van der Waals surface area (Å²) in [6, 6.07) is 4.58. The van der Waals surface area contributed by atoms with Gasteiger partial charge in [0.1, 0.15) is 12.1 Å². The number of hydrogen-bond acceptors (Lipinski definition) is 1. The predicted octanol–water partition coefficient (Wildman–Crippen LogP) is 3.95. The fourth-order valence-electron chi connectivity index (χ4n) is 2.40. The highest BCUT2D eigenvalue weighted by Gasteiger charge is 2.23. The maximum atomic E-state index is 12.9. The highest BCUT2D eigenvalue weighted by molar-refractivity contribution is 6.31. The molecule has 1 saturated carbocycles. The molecule has 3 heteroatoms. The zero-order valence-corrected chi connectivity index (χ0v) is 9.71. The van der Waals surface area contributed by atoms with Crippen LogP contribution in [0.2, 0.25) is 5.02 Å². The smallest absolute Gasteiger partial charge is 0.124 e. The molecule has 2 rings (SSSR count). The lowest BCUT2D eigenvalue weighted by atomic mass is 9.79. The summed E-state index contributed by atoms with van der Waals surface area (Å²) in [5, 5.41) is 0.509. The first-order valence-corrected chi connectivity index (χ1v) is 5.98. The third-order valence-electron chi connectivity index (χ3n) is 3.37. The third-order valence-corrected chi connectivity index (χ3v) is 3.69. The molecule has 16 heavy (non-hydrogen) atoms. The van der Waals surface area contributed by atoms with Crippen molar-refractivity contribution in [1.82, 2.24) is 0 Å². The van der Waals surface area contributed by atoms with Gasteiger partial charge in [0.05, 0.1) is 0 Å². The molecular formula is C13H14ClFO. The molecular weight excluding hydrogens is 227 g/mol. The Hall–Kier alpha value is -0.890. The van der Waals surface area contributed by atoms with Gasteiger partial charge in [0.2, 0.25) is 0 Å². The summed E-state index contributed by atoms with van der Waals surface area (Å²) in [7, 11) is 0. The van der Waals surface area contributed by atoms with Crippen molar-refractivity contribution in [2.75, 3.05) is 0 Å². The van der Waals surface area contributed by atoms with Gasteiger partial charge in [-0.25, -0.2) is 4.39 Å². The maximum Gasteiger partial charge on any atom is 0.124 e. The summed E-state index contributed by atoms with van der Waals surface area (Å²) in [6.45, 7) is 0. The SMILES string of the molecule is O=CC1CCC(c2ccc(F)cc2Cl)CC1. The molecule has 1 nitrogen and oxygen atoms in total. The second-order valence-corrected chi connectivity index (χ2v) is 4.82. The Morgan fingerprint density at radius 3 is 2.50 bits per heavy atom. The molecule has 0 spiro atoms. The van der Waals surface area contributed by atoms with Crippen molar-refractivity contribution in [3.05, 3.63) is 34.6 Å². The molecule has 1 aromatic carbocycles. The number of carbonyl (C=O) groups excluding carboxylic acids is 1. The molecule has 86 valence electrons. The summed E-state index contributed by atoms with van der Waals surface area (Å²) >= 11 is 6.02. The van der Waals surface area contributed by atoms with Crippen LogP contribution in [0.4, 0.5) is 4.39 Å². The topological polar surface area (TPSA) is 17.1 Å². The van der Waals surface area contributed by atoms with E-state index < -0.39 is 0 Å². The zero-order valence-electron chi connectivity index (χ0n) is 8.96. The van der Waals surface area contributed by atoms with Crippen molar-refractivity contribution >= 4 is 17.9 Å². The highest BCUT2D eigenvalue weighted by atomic mass is 35.5. The first-order valence-electron chi connectivity index (χ1n) is 5.61. The van der Waals surface area contributed by atoms with Crippen molar-refractivity contribution in [3.63, 3.8) is 0 Å². The molecule has 1 aliphatic carbocycles. The summed E-state index contributed by atoms with van der Waals surface area (Å²) in [4.78, 5) is 10.6. The Balaban J connectivity index is 2.11. The molecule has 0 amide bonds. The van der Waals surface area contributed by atoms with Gasteiger partial charge in [-0.2, -0.15) is 0 Å². The zero-order chi connectivity index (χ0) is 11.5. The fraction of sp³-hybridized carbons (Fsp3) is 0.462. The normalized spacial score (nSPS) is 25.4. The van der Waals surface area contributed by atoms with Crippen LogP contribution in [0.3, 0.4) is 0 Å². The standard InChI is InChI=1S/C13H14ClFO/c14-13-7-11(15)5-6-12(13)10-3-1-9(8-16)2-4-10/h5-10H,1-4H2. The van der Waals surface area contributed by atoms with Crippen molar-refractivity contribution in [1.29, 1.82) is 0 Å². The Labute approximate surface area is 99.6 Å². The fourth-order valence-corrected chi connectivity index (χ4v) is 2.72. The van der Waals surface area contributed by atoms with Crippen LogP contribution < -0.4 is 0 Å². The van der Waals surface area contributed by atoms with Gasteiger partial charge in [0.15, 0.2) is 0 Å². The van der Waals surface area contributed by atoms with E-state index in [-0.39, 0.29) is 11.7 Å². The van der Waals surface area contributed by atoms with Gasteiger partial charge >= 0.3 is 0 Å². The lowest BCUT2D eigenvalue weighted by Gasteiger charge is -2.26. The van der Waals surface area contributed by atoms with Gasteiger partial charge in [-0.3, -0.25) is 0 Å². The second-order valence-electron chi connectivity index (χ2n) is 4.41. The first-order chi connectivity index (χ1) is 7.70. The summed E-state index contributed by atoms with van der Waals surface area (Å²) in [6.07, 6.45) is 4.82. The molecule has 0 aliphatic heterocycles. The van der Waals surface area contributed by atoms with E-state index in [0.29, 0.717) is 10.9 Å². The molecule has 0 N–H and O–H groups in total. The lowest BCUT2D eigenvalue weighted by Crippen LogP contribution is -2.14. The van der Waals surface area contributed by atoms with E-state index in [0.717, 1.165) is 37.5 Å². The van der Waals surface area contributed by atoms with Gasteiger partial charge in [0, 0.05) is 10.9 Å². The monoisotopic (exact) mass is 240 g/mol. The van der Waals surface area contributed by atoms with E-state index in [1.807, 2.05) is 0 Å². The van der Waals surface area contributed by atoms with E-state index >= 15 is 0 Å². The Morgan fingerprint density at radius 1 is 1.25 bits per heavy atom. The van der Waals surface area contributed by atoms with Crippen LogP contribution in [0, 0.1) is 11.7 Å². The number of hydrogen-bond donors (Lipinski definition) is 0. The molecule has 0 bridgehead atoms. The first kappa shape index (κ1) is 11.6. The van der Waals surface area contributed by atoms with E-state index in [1.165, 1.54) is 12.1 Å². The summed E-state index contributed by atoms with van der Waals surface area (Å²) in [5.74, 6) is 0.287. The van der Waals surface area contributed by atoms with E-state index in [4.69, 9.17) is 11.6 Å². The van der Waals surface area contributed by atoms with Gasteiger partial charge in [0.25, 0.3) is 0 Å². The maximum absolute atomic E-state index is 12.9. The molecule has 0 saturated heterocycles. The van der Waals surface area contributed by atoms with E-state index in [9.17, 15) is 9.18 Å². The number of rotatable bonds is 2. The molecule has 1 aromatic rings. The summed E-state index contributed by atoms with van der Waals surface area (Å²) in [5.41, 5.74) is 1.02. The van der Waals surface area contributed by atoms with Crippen LogP contribution >= 0.6 is 11.6 Å².